The Bertz CT molecular complexity index is 435. The van der Waals surface area contributed by atoms with Crippen LogP contribution in [0.3, 0.4) is 0 Å². The highest BCUT2D eigenvalue weighted by atomic mass is 16.4. The van der Waals surface area contributed by atoms with Crippen LogP contribution in [0, 0.1) is 12.8 Å². The molecule has 1 aromatic rings. The molecule has 0 fully saturated rings. The van der Waals surface area contributed by atoms with E-state index < -0.39 is 12.0 Å². The van der Waals surface area contributed by atoms with Gasteiger partial charge in [-0.05, 0) is 25.0 Å². The van der Waals surface area contributed by atoms with E-state index in [1.165, 1.54) is 0 Å². The van der Waals surface area contributed by atoms with Crippen LogP contribution < -0.4 is 5.32 Å². The lowest BCUT2D eigenvalue weighted by molar-refractivity contribution is -0.140. The van der Waals surface area contributed by atoms with Gasteiger partial charge in [0.05, 0.1) is 0 Å². The van der Waals surface area contributed by atoms with E-state index in [1.807, 2.05) is 13.0 Å². The van der Waals surface area contributed by atoms with Gasteiger partial charge in [-0.2, -0.15) is 0 Å². The van der Waals surface area contributed by atoms with Crippen LogP contribution in [0.2, 0.25) is 0 Å². The molecule has 0 saturated carbocycles. The molecule has 0 aliphatic rings. The molecule has 94 valence electrons. The summed E-state index contributed by atoms with van der Waals surface area (Å²) in [6, 6.07) is 2.64. The molecule has 0 saturated heterocycles. The molecule has 0 unspecified atom stereocenters. The van der Waals surface area contributed by atoms with Crippen molar-refractivity contribution in [1.29, 1.82) is 0 Å². The molecule has 1 atom stereocenters. The lowest BCUT2D eigenvalue weighted by atomic mass is 10.0. The fourth-order valence-electron chi connectivity index (χ4n) is 1.57. The van der Waals surface area contributed by atoms with Gasteiger partial charge in [-0.3, -0.25) is 4.79 Å². The number of carboxylic acid groups (broad SMARTS) is 1. The molecule has 1 heterocycles. The number of aliphatic carboxylic acids is 1. The number of aromatic nitrogens is 1. The molecule has 0 aliphatic heterocycles. The Morgan fingerprint density at radius 1 is 1.35 bits per heavy atom. The Hall–Kier alpha value is -1.78. The lowest BCUT2D eigenvalue weighted by Gasteiger charge is -2.18. The lowest BCUT2D eigenvalue weighted by Crippen LogP contribution is -2.44. The van der Waals surface area contributed by atoms with Crippen molar-refractivity contribution in [2.45, 2.75) is 26.8 Å². The summed E-state index contributed by atoms with van der Waals surface area (Å²) in [4.78, 5) is 22.9. The third-order valence-corrected chi connectivity index (χ3v) is 2.82. The van der Waals surface area contributed by atoms with E-state index in [-0.39, 0.29) is 11.8 Å². The van der Waals surface area contributed by atoms with E-state index in [0.717, 1.165) is 5.69 Å². The highest BCUT2D eigenvalue weighted by Gasteiger charge is 2.24. The predicted octanol–water partition coefficient (Wildman–Crippen LogP) is 1.17. The molecule has 0 radical (unpaired) electrons. The summed E-state index contributed by atoms with van der Waals surface area (Å²) in [5, 5.41) is 11.5. The Balaban J connectivity index is 2.85. The maximum absolute atomic E-state index is 11.9. The summed E-state index contributed by atoms with van der Waals surface area (Å²) < 4.78 is 1.73. The standard InChI is InChI=1S/C12H18N2O3/c1-7(2)10(12(16)17)13-11(15)9-6-5-8(3)14(9)4/h5-7,10H,1-4H3,(H,13,15)(H,16,17)/t10-/m1/s1. The molecule has 1 rings (SSSR count). The molecule has 1 amide bonds. The number of carbonyl (C=O) groups is 2. The Morgan fingerprint density at radius 3 is 2.29 bits per heavy atom. The van der Waals surface area contributed by atoms with Gasteiger partial charge in [0.25, 0.3) is 5.91 Å². The second-order valence-corrected chi connectivity index (χ2v) is 4.45. The van der Waals surface area contributed by atoms with Crippen LogP contribution in [0.25, 0.3) is 0 Å². The maximum Gasteiger partial charge on any atom is 0.326 e. The van der Waals surface area contributed by atoms with Crippen LogP contribution in [-0.4, -0.2) is 27.6 Å². The molecule has 5 heteroatoms. The topological polar surface area (TPSA) is 71.3 Å². The second kappa shape index (κ2) is 5.03. The normalized spacial score (nSPS) is 12.5. The fraction of sp³-hybridized carbons (Fsp3) is 0.500. The van der Waals surface area contributed by atoms with Crippen molar-refractivity contribution in [1.82, 2.24) is 9.88 Å². The summed E-state index contributed by atoms with van der Waals surface area (Å²) >= 11 is 0. The van der Waals surface area contributed by atoms with Gasteiger partial charge >= 0.3 is 5.97 Å². The third kappa shape index (κ3) is 2.87. The molecule has 0 bridgehead atoms. The molecule has 2 N–H and O–H groups in total. The zero-order valence-electron chi connectivity index (χ0n) is 10.5. The average molecular weight is 238 g/mol. The van der Waals surface area contributed by atoms with E-state index in [2.05, 4.69) is 5.32 Å². The largest absolute Gasteiger partial charge is 0.480 e. The van der Waals surface area contributed by atoms with Crippen LogP contribution in [-0.2, 0) is 11.8 Å². The SMILES string of the molecule is Cc1ccc(C(=O)N[C@@H](C(=O)O)C(C)C)n1C. The Morgan fingerprint density at radius 2 is 1.94 bits per heavy atom. The molecule has 1 aromatic heterocycles. The summed E-state index contributed by atoms with van der Waals surface area (Å²) in [7, 11) is 1.77. The summed E-state index contributed by atoms with van der Waals surface area (Å²) in [5.74, 6) is -1.53. The zero-order valence-corrected chi connectivity index (χ0v) is 10.5. The van der Waals surface area contributed by atoms with Crippen molar-refractivity contribution in [3.05, 3.63) is 23.5 Å². The van der Waals surface area contributed by atoms with E-state index >= 15 is 0 Å². The van der Waals surface area contributed by atoms with Crippen molar-refractivity contribution < 1.29 is 14.7 Å². The van der Waals surface area contributed by atoms with E-state index in [0.29, 0.717) is 5.69 Å². The van der Waals surface area contributed by atoms with E-state index in [1.54, 1.807) is 31.5 Å². The summed E-state index contributed by atoms with van der Waals surface area (Å²) in [6.07, 6.45) is 0. The van der Waals surface area contributed by atoms with Crippen LogP contribution in [0.4, 0.5) is 0 Å². The van der Waals surface area contributed by atoms with Crippen molar-refractivity contribution in [3.63, 3.8) is 0 Å². The van der Waals surface area contributed by atoms with Gasteiger partial charge in [0.15, 0.2) is 0 Å². The van der Waals surface area contributed by atoms with Crippen molar-refractivity contribution in [3.8, 4) is 0 Å². The summed E-state index contributed by atoms with van der Waals surface area (Å²) in [6.45, 7) is 5.40. The number of hydrogen-bond acceptors (Lipinski definition) is 2. The number of hydrogen-bond donors (Lipinski definition) is 2. The zero-order chi connectivity index (χ0) is 13.2. The van der Waals surface area contributed by atoms with E-state index in [9.17, 15) is 9.59 Å². The smallest absolute Gasteiger partial charge is 0.326 e. The Kier molecular flexibility index (Phi) is 3.93. The molecular weight excluding hydrogens is 220 g/mol. The van der Waals surface area contributed by atoms with E-state index in [4.69, 9.17) is 5.11 Å². The number of rotatable bonds is 4. The monoisotopic (exact) mass is 238 g/mol. The van der Waals surface area contributed by atoms with Gasteiger partial charge in [0.2, 0.25) is 0 Å². The fourth-order valence-corrected chi connectivity index (χ4v) is 1.57. The van der Waals surface area contributed by atoms with Gasteiger partial charge in [-0.15, -0.1) is 0 Å². The summed E-state index contributed by atoms with van der Waals surface area (Å²) in [5.41, 5.74) is 1.42. The molecule has 0 spiro atoms. The van der Waals surface area contributed by atoms with Crippen molar-refractivity contribution >= 4 is 11.9 Å². The van der Waals surface area contributed by atoms with Gasteiger partial charge in [-0.25, -0.2) is 4.79 Å². The predicted molar refractivity (Wildman–Crippen MR) is 63.9 cm³/mol. The quantitative estimate of drug-likeness (QED) is 0.827. The minimum absolute atomic E-state index is 0.155. The van der Waals surface area contributed by atoms with Crippen molar-refractivity contribution in [2.24, 2.45) is 13.0 Å². The molecule has 5 nitrogen and oxygen atoms in total. The number of carboxylic acids is 1. The minimum Gasteiger partial charge on any atom is -0.480 e. The number of amides is 1. The van der Waals surface area contributed by atoms with Crippen LogP contribution in [0.15, 0.2) is 12.1 Å². The first kappa shape index (κ1) is 13.3. The molecule has 0 aromatic carbocycles. The number of aryl methyl sites for hydroxylation is 1. The van der Waals surface area contributed by atoms with Crippen molar-refractivity contribution in [2.75, 3.05) is 0 Å². The highest BCUT2D eigenvalue weighted by molar-refractivity contribution is 5.95. The second-order valence-electron chi connectivity index (χ2n) is 4.45. The maximum atomic E-state index is 11.9. The minimum atomic E-state index is -1.01. The van der Waals surface area contributed by atoms with Crippen LogP contribution in [0.1, 0.15) is 30.0 Å². The van der Waals surface area contributed by atoms with Gasteiger partial charge < -0.3 is 15.0 Å². The first-order chi connectivity index (χ1) is 7.84. The number of nitrogens with zero attached hydrogens (tertiary/aromatic N) is 1. The van der Waals surface area contributed by atoms with Gasteiger partial charge in [-0.1, -0.05) is 13.8 Å². The first-order valence-electron chi connectivity index (χ1n) is 5.50. The number of nitrogens with one attached hydrogen (secondary N) is 1. The molecule has 0 aliphatic carbocycles. The highest BCUT2D eigenvalue weighted by Crippen LogP contribution is 2.08. The first-order valence-corrected chi connectivity index (χ1v) is 5.50. The van der Waals surface area contributed by atoms with Crippen LogP contribution in [0.5, 0.6) is 0 Å². The van der Waals surface area contributed by atoms with Gasteiger partial charge in [0.1, 0.15) is 11.7 Å². The van der Waals surface area contributed by atoms with Crippen LogP contribution >= 0.6 is 0 Å². The van der Waals surface area contributed by atoms with Gasteiger partial charge in [0, 0.05) is 12.7 Å². The molecular formula is C12H18N2O3. The number of carbonyl (C=O) groups excluding carboxylic acids is 1. The third-order valence-electron chi connectivity index (χ3n) is 2.82. The average Bonchev–Trinajstić information content (AvgIpc) is 2.55. The Labute approximate surface area is 100 Å². The molecule has 17 heavy (non-hydrogen) atoms.